The van der Waals surface area contributed by atoms with Crippen LogP contribution in [-0.4, -0.2) is 11.3 Å². The zero-order valence-corrected chi connectivity index (χ0v) is 62.5. The van der Waals surface area contributed by atoms with Crippen LogP contribution in [-0.2, 0) is 27.1 Å². The summed E-state index contributed by atoms with van der Waals surface area (Å²) < 4.78 is 49.0. The average molecular weight is 1350 g/mol. The fraction of sp³-hybridized carbons (Fsp3) is 0.202. The van der Waals surface area contributed by atoms with E-state index >= 15 is 0 Å². The van der Waals surface area contributed by atoms with Crippen LogP contribution >= 0.6 is 0 Å². The first kappa shape index (κ1) is 61.5. The molecule has 0 fully saturated rings. The van der Waals surface area contributed by atoms with Crippen LogP contribution in [0.5, 0.6) is 0 Å². The van der Waals surface area contributed by atoms with Crippen molar-refractivity contribution in [2.45, 2.75) is 131 Å². The Bertz CT molecular complexity index is 5960. The van der Waals surface area contributed by atoms with E-state index in [1.165, 1.54) is 22.3 Å². The Kier molecular flexibility index (Phi) is 14.8. The summed E-state index contributed by atoms with van der Waals surface area (Å²) in [6, 6.07) is 91.7. The molecular formula is C99H91BN4. The van der Waals surface area contributed by atoms with Crippen LogP contribution in [0, 0.1) is 11.3 Å². The van der Waals surface area contributed by atoms with Crippen LogP contribution in [0.2, 0.25) is 0 Å². The Morgan fingerprint density at radius 3 is 1.26 bits per heavy atom. The molecule has 0 bridgehead atoms. The number of nitriles is 1. The second-order valence-corrected chi connectivity index (χ2v) is 33.8. The fourth-order valence-electron chi connectivity index (χ4n) is 15.7. The van der Waals surface area contributed by atoms with Gasteiger partial charge in [-0.15, -0.1) is 0 Å². The summed E-state index contributed by atoms with van der Waals surface area (Å²) in [5, 5.41) is 14.4. The predicted octanol–water partition coefficient (Wildman–Crippen LogP) is 25.2. The summed E-state index contributed by atoms with van der Waals surface area (Å²) in [5.41, 5.74) is 27.0. The Labute approximate surface area is 623 Å². The van der Waals surface area contributed by atoms with Gasteiger partial charge < -0.3 is 14.4 Å². The summed E-state index contributed by atoms with van der Waals surface area (Å²) in [6.07, 6.45) is 0. The zero-order valence-electron chi connectivity index (χ0n) is 67.5. The van der Waals surface area contributed by atoms with E-state index in [-0.39, 0.29) is 44.7 Å². The molecule has 1 aromatic heterocycles. The van der Waals surface area contributed by atoms with Crippen molar-refractivity contribution in [1.82, 2.24) is 4.57 Å². The minimum absolute atomic E-state index is 0.115. The molecule has 0 saturated heterocycles. The highest BCUT2D eigenvalue weighted by atomic mass is 15.2. The molecule has 4 nitrogen and oxygen atoms in total. The fourth-order valence-corrected chi connectivity index (χ4v) is 15.7. The van der Waals surface area contributed by atoms with Crippen LogP contribution in [0.15, 0.2) is 279 Å². The lowest BCUT2D eigenvalue weighted by atomic mass is 9.33. The lowest BCUT2D eigenvalue weighted by Crippen LogP contribution is -2.61. The third kappa shape index (κ3) is 11.9. The van der Waals surface area contributed by atoms with Crippen molar-refractivity contribution in [2.75, 3.05) is 9.80 Å². The van der Waals surface area contributed by atoms with E-state index in [1.54, 1.807) is 0 Å². The maximum absolute atomic E-state index is 12.1. The molecule has 3 heterocycles. The molecule has 13 aromatic carbocycles. The van der Waals surface area contributed by atoms with Gasteiger partial charge in [0, 0.05) is 50.3 Å². The highest BCUT2D eigenvalue weighted by molar-refractivity contribution is 7.00. The molecule has 0 aliphatic carbocycles. The molecule has 5 heteroatoms. The van der Waals surface area contributed by atoms with E-state index in [0.717, 1.165) is 134 Å². The lowest BCUT2D eigenvalue weighted by molar-refractivity contribution is 0.568. The predicted molar refractivity (Wildman–Crippen MR) is 446 cm³/mol. The van der Waals surface area contributed by atoms with Gasteiger partial charge in [-0.25, -0.2) is 0 Å². The van der Waals surface area contributed by atoms with Gasteiger partial charge in [-0.05, 0) is 200 Å². The van der Waals surface area contributed by atoms with Gasteiger partial charge in [0.2, 0.25) is 0 Å². The third-order valence-corrected chi connectivity index (χ3v) is 21.6. The second-order valence-electron chi connectivity index (χ2n) is 33.8. The van der Waals surface area contributed by atoms with Crippen molar-refractivity contribution in [3.05, 3.63) is 312 Å². The highest BCUT2D eigenvalue weighted by Gasteiger charge is 2.46. The molecule has 0 atom stereocenters. The molecule has 2 aliphatic rings. The number of fused-ring (bicyclic) bond motifs is 7. The Balaban J connectivity index is 1.12. The van der Waals surface area contributed by atoms with Crippen molar-refractivity contribution in [2.24, 2.45) is 0 Å². The molecule has 0 amide bonds. The molecule has 2 aliphatic heterocycles. The molecule has 16 rings (SSSR count). The Morgan fingerprint density at radius 2 is 0.731 bits per heavy atom. The first-order chi connectivity index (χ1) is 51.7. The first-order valence-corrected chi connectivity index (χ1v) is 36.6. The molecule has 0 unspecified atom stereocenters. The summed E-state index contributed by atoms with van der Waals surface area (Å²) >= 11 is 0. The van der Waals surface area contributed by atoms with Gasteiger partial charge in [0.15, 0.2) is 0 Å². The van der Waals surface area contributed by atoms with Crippen molar-refractivity contribution < 1.29 is 6.85 Å². The molecule has 14 aromatic rings. The van der Waals surface area contributed by atoms with E-state index < -0.39 is 24.8 Å². The van der Waals surface area contributed by atoms with Gasteiger partial charge in [-0.1, -0.05) is 310 Å². The third-order valence-electron chi connectivity index (χ3n) is 21.6. The Hall–Kier alpha value is -11.2. The summed E-state index contributed by atoms with van der Waals surface area (Å²) in [7, 11) is 0. The quantitative estimate of drug-likeness (QED) is 0.135. The first-order valence-electron chi connectivity index (χ1n) is 39.1. The average Bonchev–Trinajstić information content (AvgIpc) is 1.07. The number of hydrogen-bond acceptors (Lipinski definition) is 3. The van der Waals surface area contributed by atoms with Gasteiger partial charge in [0.05, 0.1) is 34.8 Å². The number of anilines is 6. The highest BCUT2D eigenvalue weighted by Crippen LogP contribution is 2.54. The lowest BCUT2D eigenvalue weighted by Gasteiger charge is -2.46. The molecule has 0 N–H and O–H groups in total. The van der Waals surface area contributed by atoms with Crippen LogP contribution < -0.4 is 26.2 Å². The zero-order chi connectivity index (χ0) is 76.9. The number of para-hydroxylation sites is 2. The Morgan fingerprint density at radius 1 is 0.317 bits per heavy atom. The van der Waals surface area contributed by atoms with E-state index in [2.05, 4.69) is 361 Å². The van der Waals surface area contributed by atoms with Gasteiger partial charge in [0.1, 0.15) is 6.07 Å². The molecule has 104 heavy (non-hydrogen) atoms. The van der Waals surface area contributed by atoms with Crippen LogP contribution in [0.3, 0.4) is 0 Å². The largest absolute Gasteiger partial charge is 0.310 e. The van der Waals surface area contributed by atoms with Crippen LogP contribution in [0.4, 0.5) is 34.1 Å². The monoisotopic (exact) mass is 1350 g/mol. The minimum atomic E-state index is -0.498. The van der Waals surface area contributed by atoms with E-state index in [4.69, 9.17) is 1.37 Å². The van der Waals surface area contributed by atoms with Crippen molar-refractivity contribution in [3.63, 3.8) is 0 Å². The second kappa shape index (κ2) is 25.1. The van der Waals surface area contributed by atoms with Gasteiger partial charge >= 0.3 is 0 Å². The summed E-state index contributed by atoms with van der Waals surface area (Å²) in [6.45, 7) is 33.8. The molecule has 0 spiro atoms. The summed E-state index contributed by atoms with van der Waals surface area (Å²) in [5.74, 6) is 0. The van der Waals surface area contributed by atoms with E-state index in [9.17, 15) is 10.7 Å². The van der Waals surface area contributed by atoms with Gasteiger partial charge in [-0.3, -0.25) is 0 Å². The number of benzene rings is 13. The van der Waals surface area contributed by atoms with Crippen molar-refractivity contribution in [3.8, 4) is 78.5 Å². The maximum Gasteiger partial charge on any atom is 0.252 e. The van der Waals surface area contributed by atoms with Gasteiger partial charge in [-0.2, -0.15) is 5.26 Å². The normalized spacial score (nSPS) is 13.8. The molecule has 0 saturated carbocycles. The van der Waals surface area contributed by atoms with E-state index in [0.29, 0.717) is 16.8 Å². The van der Waals surface area contributed by atoms with Gasteiger partial charge in [0.25, 0.3) is 6.71 Å². The topological polar surface area (TPSA) is 35.2 Å². The number of nitrogens with zero attached hydrogens (tertiary/aromatic N) is 4. The minimum Gasteiger partial charge on any atom is -0.310 e. The van der Waals surface area contributed by atoms with Crippen molar-refractivity contribution in [1.29, 1.82) is 5.26 Å². The summed E-state index contributed by atoms with van der Waals surface area (Å²) in [4.78, 5) is 4.88. The van der Waals surface area contributed by atoms with Crippen LogP contribution in [0.25, 0.3) is 94.3 Å². The number of aromatic nitrogens is 1. The molecule has 510 valence electrons. The standard InChI is InChI=1S/C99H91BN4/c1-95(2,3)74-49-71(50-75(57-74)96(4,5)6)68-44-47-84-89(54-68)103(88-61-79(45-42-70(88)62-101)102-86-40-27-25-38-80(86)81-39-26-28-41-87(81)102)91-55-73(72-51-76(97(7,8)9)58-77(52-72)98(10,11)12)56-92-93(91)100(84)85-46-43-67(64-32-21-17-22-33-64)53-90(85)104(92)94-82(65-34-23-18-24-35-65)59-78(99(13,14)15)60-83(94)69-37-29-36-66(48-69)63-30-19-16-20-31-63/h16-61H,1-15H3/i17D,21D,22D,32D,33D. The molecular weight excluding hydrogens is 1260 g/mol. The van der Waals surface area contributed by atoms with E-state index in [1.807, 2.05) is 12.1 Å². The van der Waals surface area contributed by atoms with Crippen molar-refractivity contribution >= 4 is 79.0 Å². The smallest absolute Gasteiger partial charge is 0.252 e. The SMILES string of the molecule is [2H]c1c([2H])c([2H])c(-c2ccc3c(c2)N(c2c(-c4ccccc4)cc(C(C)(C)C)cc2-c2cccc(-c4ccccc4)c2)c2cc(-c4cc(C(C)(C)C)cc(C(C)(C)C)c4)cc4c2B3c2ccc(-c3cc(C(C)(C)C)cc(C(C)(C)C)c3)cc2N4c2cc(-n3c4ccccc4c4ccccc43)ccc2C#N)c([2H])c1[2H]. The molecule has 0 radical (unpaired) electrons. The maximum atomic E-state index is 12.1. The number of hydrogen-bond donors (Lipinski definition) is 0. The van der Waals surface area contributed by atoms with Crippen LogP contribution in [0.1, 0.15) is 144 Å². The number of rotatable bonds is 9.